The summed E-state index contributed by atoms with van der Waals surface area (Å²) in [6.07, 6.45) is 0.299. The average molecular weight is 464 g/mol. The van der Waals surface area contributed by atoms with E-state index in [1.807, 2.05) is 13.0 Å². The van der Waals surface area contributed by atoms with E-state index in [2.05, 4.69) is 10.6 Å². The lowest BCUT2D eigenvalue weighted by molar-refractivity contribution is -0.122. The van der Waals surface area contributed by atoms with Crippen LogP contribution in [0.2, 0.25) is 5.02 Å². The minimum Gasteiger partial charge on any atom is -0.479 e. The molecule has 164 valence electrons. The van der Waals surface area contributed by atoms with Crippen molar-refractivity contribution in [1.82, 2.24) is 4.31 Å². The average Bonchev–Trinajstić information content (AvgIpc) is 3.21. The van der Waals surface area contributed by atoms with E-state index >= 15 is 0 Å². The van der Waals surface area contributed by atoms with Gasteiger partial charge in [0.2, 0.25) is 15.9 Å². The van der Waals surface area contributed by atoms with E-state index in [1.165, 1.54) is 22.5 Å². The predicted molar refractivity (Wildman–Crippen MR) is 117 cm³/mol. The summed E-state index contributed by atoms with van der Waals surface area (Å²) >= 11 is 6.20. The first-order valence-electron chi connectivity index (χ1n) is 9.87. The SMILES string of the molecule is Cc1ccc(NC(=O)C2CCCN2S(=O)(=O)c2ccc3c(c2)NC(=O)C(C)O3)c(Cl)c1. The van der Waals surface area contributed by atoms with Gasteiger partial charge in [-0.3, -0.25) is 9.59 Å². The van der Waals surface area contributed by atoms with Crippen LogP contribution in [-0.4, -0.2) is 43.2 Å². The zero-order chi connectivity index (χ0) is 22.3. The molecule has 4 rings (SSSR count). The summed E-state index contributed by atoms with van der Waals surface area (Å²) in [5.74, 6) is -0.388. The van der Waals surface area contributed by atoms with E-state index in [0.717, 1.165) is 5.56 Å². The number of halogens is 1. The molecule has 0 aromatic heterocycles. The molecule has 1 saturated heterocycles. The number of sulfonamides is 1. The van der Waals surface area contributed by atoms with Crippen LogP contribution < -0.4 is 15.4 Å². The largest absolute Gasteiger partial charge is 0.479 e. The Bertz CT molecular complexity index is 1170. The molecule has 31 heavy (non-hydrogen) atoms. The summed E-state index contributed by atoms with van der Waals surface area (Å²) in [6, 6.07) is 8.66. The van der Waals surface area contributed by atoms with E-state index in [-0.39, 0.29) is 23.0 Å². The van der Waals surface area contributed by atoms with Crippen LogP contribution in [0.25, 0.3) is 0 Å². The Morgan fingerprint density at radius 3 is 2.77 bits per heavy atom. The highest BCUT2D eigenvalue weighted by Crippen LogP contribution is 2.35. The fourth-order valence-electron chi connectivity index (χ4n) is 3.71. The summed E-state index contributed by atoms with van der Waals surface area (Å²) in [7, 11) is -3.97. The molecule has 8 nitrogen and oxygen atoms in total. The number of amides is 2. The van der Waals surface area contributed by atoms with Crippen molar-refractivity contribution in [1.29, 1.82) is 0 Å². The van der Waals surface area contributed by atoms with Crippen LogP contribution in [0.15, 0.2) is 41.3 Å². The van der Waals surface area contributed by atoms with Crippen molar-refractivity contribution >= 4 is 44.8 Å². The maximum atomic E-state index is 13.3. The molecule has 0 saturated carbocycles. The lowest BCUT2D eigenvalue weighted by Gasteiger charge is -2.26. The number of fused-ring (bicyclic) bond motifs is 1. The second-order valence-electron chi connectivity index (χ2n) is 7.65. The number of anilines is 2. The number of rotatable bonds is 4. The van der Waals surface area contributed by atoms with Crippen LogP contribution in [0, 0.1) is 6.92 Å². The second kappa shape index (κ2) is 8.14. The molecule has 0 aliphatic carbocycles. The first-order valence-corrected chi connectivity index (χ1v) is 11.7. The maximum Gasteiger partial charge on any atom is 0.265 e. The van der Waals surface area contributed by atoms with E-state index in [9.17, 15) is 18.0 Å². The summed E-state index contributed by atoms with van der Waals surface area (Å²) in [5.41, 5.74) is 1.67. The van der Waals surface area contributed by atoms with Crippen LogP contribution in [0.4, 0.5) is 11.4 Å². The minimum absolute atomic E-state index is 0.0160. The number of carbonyl (C=O) groups is 2. The standard InChI is InChI=1S/C21H22ClN3O5S/c1-12-5-7-16(15(22)10-12)23-21(27)18-4-3-9-25(18)31(28,29)14-6-8-19-17(11-14)24-20(26)13(2)30-19/h5-8,10-11,13,18H,3-4,9H2,1-2H3,(H,23,27)(H,24,26). The summed E-state index contributed by atoms with van der Waals surface area (Å²) < 4.78 is 33.3. The minimum atomic E-state index is -3.97. The zero-order valence-corrected chi connectivity index (χ0v) is 18.6. The molecule has 2 heterocycles. The number of benzene rings is 2. The molecule has 2 aliphatic heterocycles. The van der Waals surface area contributed by atoms with Crippen LogP contribution >= 0.6 is 11.6 Å². The molecule has 2 N–H and O–H groups in total. The van der Waals surface area contributed by atoms with Gasteiger partial charge in [-0.2, -0.15) is 4.31 Å². The molecule has 2 unspecified atom stereocenters. The number of hydrogen-bond donors (Lipinski definition) is 2. The van der Waals surface area contributed by atoms with Gasteiger partial charge < -0.3 is 15.4 Å². The Balaban J connectivity index is 1.58. The topological polar surface area (TPSA) is 105 Å². The molecule has 2 amide bonds. The van der Waals surface area contributed by atoms with Crippen molar-refractivity contribution in [2.75, 3.05) is 17.2 Å². The Morgan fingerprint density at radius 2 is 2.03 bits per heavy atom. The normalized spacial score (nSPS) is 21.2. The van der Waals surface area contributed by atoms with Crippen LogP contribution in [-0.2, 0) is 19.6 Å². The Kier molecular flexibility index (Phi) is 5.67. The predicted octanol–water partition coefficient (Wildman–Crippen LogP) is 3.16. The van der Waals surface area contributed by atoms with Gasteiger partial charge in [0.1, 0.15) is 11.8 Å². The van der Waals surface area contributed by atoms with Crippen molar-refractivity contribution in [3.8, 4) is 5.75 Å². The number of aryl methyl sites for hydroxylation is 1. The number of carbonyl (C=O) groups excluding carboxylic acids is 2. The Labute approximate surface area is 185 Å². The third-order valence-corrected chi connectivity index (χ3v) is 7.59. The molecular weight excluding hydrogens is 442 g/mol. The second-order valence-corrected chi connectivity index (χ2v) is 9.95. The molecule has 2 atom stereocenters. The highest BCUT2D eigenvalue weighted by atomic mass is 35.5. The highest BCUT2D eigenvalue weighted by molar-refractivity contribution is 7.89. The molecule has 10 heteroatoms. The van der Waals surface area contributed by atoms with Crippen molar-refractivity contribution in [3.05, 3.63) is 47.0 Å². The number of nitrogens with zero attached hydrogens (tertiary/aromatic N) is 1. The molecule has 0 bridgehead atoms. The molecule has 2 aliphatic rings. The number of hydrogen-bond acceptors (Lipinski definition) is 5. The molecular formula is C21H22ClN3O5S. The fraction of sp³-hybridized carbons (Fsp3) is 0.333. The Morgan fingerprint density at radius 1 is 1.26 bits per heavy atom. The van der Waals surface area contributed by atoms with Crippen molar-refractivity contribution < 1.29 is 22.7 Å². The number of ether oxygens (including phenoxy) is 1. The molecule has 2 aromatic rings. The van der Waals surface area contributed by atoms with E-state index in [0.29, 0.717) is 29.3 Å². The molecule has 1 fully saturated rings. The lowest BCUT2D eigenvalue weighted by Crippen LogP contribution is -2.43. The molecule has 2 aromatic carbocycles. The van der Waals surface area contributed by atoms with Crippen molar-refractivity contribution in [2.45, 2.75) is 43.7 Å². The van der Waals surface area contributed by atoms with Crippen LogP contribution in [0.3, 0.4) is 0 Å². The van der Waals surface area contributed by atoms with Crippen LogP contribution in [0.5, 0.6) is 5.75 Å². The quantitative estimate of drug-likeness (QED) is 0.724. The fourth-order valence-corrected chi connectivity index (χ4v) is 5.68. The van der Waals surface area contributed by atoms with Gasteiger partial charge in [0.25, 0.3) is 5.91 Å². The van der Waals surface area contributed by atoms with Crippen molar-refractivity contribution in [2.24, 2.45) is 0 Å². The van der Waals surface area contributed by atoms with Crippen molar-refractivity contribution in [3.63, 3.8) is 0 Å². The van der Waals surface area contributed by atoms with Gasteiger partial charge in [-0.25, -0.2) is 8.42 Å². The first kappa shape index (κ1) is 21.6. The van der Waals surface area contributed by atoms with Gasteiger partial charge in [0.05, 0.1) is 21.3 Å². The summed E-state index contributed by atoms with van der Waals surface area (Å²) in [5, 5.41) is 5.78. The zero-order valence-electron chi connectivity index (χ0n) is 17.0. The first-order chi connectivity index (χ1) is 14.7. The van der Waals surface area contributed by atoms with Gasteiger partial charge in [-0.05, 0) is 62.6 Å². The van der Waals surface area contributed by atoms with Gasteiger partial charge in [0, 0.05) is 6.54 Å². The van der Waals surface area contributed by atoms with E-state index in [4.69, 9.17) is 16.3 Å². The van der Waals surface area contributed by atoms with Gasteiger partial charge >= 0.3 is 0 Å². The number of nitrogens with one attached hydrogen (secondary N) is 2. The smallest absolute Gasteiger partial charge is 0.265 e. The Hall–Kier alpha value is -2.62. The lowest BCUT2D eigenvalue weighted by atomic mass is 10.2. The summed E-state index contributed by atoms with van der Waals surface area (Å²) in [4.78, 5) is 24.8. The van der Waals surface area contributed by atoms with Gasteiger partial charge in [0.15, 0.2) is 6.10 Å². The third kappa shape index (κ3) is 4.13. The van der Waals surface area contributed by atoms with E-state index in [1.54, 1.807) is 19.1 Å². The summed E-state index contributed by atoms with van der Waals surface area (Å²) in [6.45, 7) is 3.71. The van der Waals surface area contributed by atoms with E-state index < -0.39 is 28.1 Å². The van der Waals surface area contributed by atoms with Gasteiger partial charge in [-0.1, -0.05) is 17.7 Å². The van der Waals surface area contributed by atoms with Gasteiger partial charge in [-0.15, -0.1) is 0 Å². The molecule has 0 spiro atoms. The molecule has 0 radical (unpaired) electrons. The third-order valence-electron chi connectivity index (χ3n) is 5.38. The highest BCUT2D eigenvalue weighted by Gasteiger charge is 2.40. The maximum absolute atomic E-state index is 13.3. The van der Waals surface area contributed by atoms with Crippen LogP contribution in [0.1, 0.15) is 25.3 Å². The monoisotopic (exact) mass is 463 g/mol.